The zero-order chi connectivity index (χ0) is 19.4. The summed E-state index contributed by atoms with van der Waals surface area (Å²) in [6.45, 7) is 17.1. The molecule has 0 amide bonds. The van der Waals surface area contributed by atoms with Gasteiger partial charge in [-0.15, -0.1) is 0 Å². The van der Waals surface area contributed by atoms with Crippen LogP contribution in [0, 0.1) is 11.3 Å². The molecule has 0 saturated carbocycles. The molecule has 0 aromatic heterocycles. The van der Waals surface area contributed by atoms with Crippen molar-refractivity contribution in [1.82, 2.24) is 10.2 Å². The molecule has 2 heterocycles. The van der Waals surface area contributed by atoms with Crippen LogP contribution in [0.1, 0.15) is 67.2 Å². The number of nitrogens with one attached hydrogen (secondary N) is 1. The molecular weight excluding hydrogens is 326 g/mol. The van der Waals surface area contributed by atoms with Gasteiger partial charge in [0, 0.05) is 39.2 Å². The molecule has 0 radical (unpaired) electrons. The minimum atomic E-state index is -0.0598. The Kier molecular flexibility index (Phi) is 7.37. The third-order valence-corrected chi connectivity index (χ3v) is 5.29. The van der Waals surface area contributed by atoms with Gasteiger partial charge in [-0.25, -0.2) is 0 Å². The van der Waals surface area contributed by atoms with Gasteiger partial charge in [-0.3, -0.25) is 4.99 Å². The quantitative estimate of drug-likeness (QED) is 0.610. The summed E-state index contributed by atoms with van der Waals surface area (Å²) in [4.78, 5) is 6.91. The van der Waals surface area contributed by atoms with Crippen LogP contribution < -0.4 is 5.32 Å². The van der Waals surface area contributed by atoms with Crippen molar-refractivity contribution in [2.45, 2.75) is 85.0 Å². The minimum Gasteiger partial charge on any atom is -0.377 e. The lowest BCUT2D eigenvalue weighted by atomic mass is 9.78. The number of nitrogens with zero attached hydrogens (tertiary/aromatic N) is 2. The molecule has 2 unspecified atom stereocenters. The Bertz CT molecular complexity index is 457. The van der Waals surface area contributed by atoms with Crippen LogP contribution in [0.3, 0.4) is 0 Å². The van der Waals surface area contributed by atoms with Crippen molar-refractivity contribution in [2.75, 3.05) is 33.3 Å². The Morgan fingerprint density at radius 1 is 1.12 bits per heavy atom. The van der Waals surface area contributed by atoms with E-state index in [4.69, 9.17) is 9.47 Å². The Morgan fingerprint density at radius 2 is 1.77 bits per heavy atom. The molecule has 5 heteroatoms. The number of guanidine groups is 1. The van der Waals surface area contributed by atoms with Crippen LogP contribution >= 0.6 is 0 Å². The lowest BCUT2D eigenvalue weighted by Crippen LogP contribution is -2.51. The molecular formula is C21H41N3O2. The molecule has 2 atom stereocenters. The Morgan fingerprint density at radius 3 is 2.31 bits per heavy atom. The first-order chi connectivity index (χ1) is 12.1. The maximum atomic E-state index is 6.14. The number of likely N-dealkylation sites (tertiary alicyclic amines) is 1. The summed E-state index contributed by atoms with van der Waals surface area (Å²) in [5.41, 5.74) is 0.120. The highest BCUT2D eigenvalue weighted by Crippen LogP contribution is 2.33. The van der Waals surface area contributed by atoms with E-state index in [0.717, 1.165) is 51.5 Å². The SMILES string of the molecule is CN=C(NCC1CCCOC1C(C)(C)C)N1CCC(OC(C)(C)C)CC1. The third kappa shape index (κ3) is 6.41. The van der Waals surface area contributed by atoms with Gasteiger partial charge in [0.15, 0.2) is 5.96 Å². The third-order valence-electron chi connectivity index (χ3n) is 5.29. The summed E-state index contributed by atoms with van der Waals surface area (Å²) in [5, 5.41) is 3.63. The molecule has 2 aliphatic heterocycles. The molecule has 26 heavy (non-hydrogen) atoms. The van der Waals surface area contributed by atoms with E-state index in [0.29, 0.717) is 18.1 Å². The first-order valence-corrected chi connectivity index (χ1v) is 10.3. The first kappa shape index (κ1) is 21.5. The summed E-state index contributed by atoms with van der Waals surface area (Å²) >= 11 is 0. The van der Waals surface area contributed by atoms with E-state index in [9.17, 15) is 0 Å². The van der Waals surface area contributed by atoms with E-state index >= 15 is 0 Å². The van der Waals surface area contributed by atoms with Gasteiger partial charge in [0.25, 0.3) is 0 Å². The maximum absolute atomic E-state index is 6.14. The molecule has 152 valence electrons. The van der Waals surface area contributed by atoms with Crippen molar-refractivity contribution in [3.8, 4) is 0 Å². The van der Waals surface area contributed by atoms with Gasteiger partial charge in [-0.1, -0.05) is 20.8 Å². The van der Waals surface area contributed by atoms with Gasteiger partial charge in [0.1, 0.15) is 0 Å². The average Bonchev–Trinajstić information content (AvgIpc) is 2.55. The molecule has 2 fully saturated rings. The summed E-state index contributed by atoms with van der Waals surface area (Å²) < 4.78 is 12.3. The molecule has 2 saturated heterocycles. The van der Waals surface area contributed by atoms with E-state index in [1.807, 2.05) is 7.05 Å². The van der Waals surface area contributed by atoms with Gasteiger partial charge < -0.3 is 19.7 Å². The van der Waals surface area contributed by atoms with Crippen LogP contribution in [0.2, 0.25) is 0 Å². The lowest BCUT2D eigenvalue weighted by molar-refractivity contribution is -0.0840. The van der Waals surface area contributed by atoms with Crippen LogP contribution in [-0.2, 0) is 9.47 Å². The first-order valence-electron chi connectivity index (χ1n) is 10.3. The van der Waals surface area contributed by atoms with Crippen molar-refractivity contribution in [1.29, 1.82) is 0 Å². The second-order valence-electron chi connectivity index (χ2n) is 9.90. The van der Waals surface area contributed by atoms with Crippen molar-refractivity contribution in [3.63, 3.8) is 0 Å². The van der Waals surface area contributed by atoms with Crippen LogP contribution in [0.4, 0.5) is 0 Å². The standard InChI is InChI=1S/C21H41N3O2/c1-20(2,3)18-16(9-8-14-25-18)15-23-19(22-7)24-12-10-17(11-13-24)26-21(4,5)6/h16-18H,8-15H2,1-7H3,(H,22,23). The summed E-state index contributed by atoms with van der Waals surface area (Å²) in [7, 11) is 1.89. The van der Waals surface area contributed by atoms with Crippen LogP contribution in [-0.4, -0.2) is 62.0 Å². The minimum absolute atomic E-state index is 0.0598. The number of hydrogen-bond donors (Lipinski definition) is 1. The van der Waals surface area contributed by atoms with E-state index < -0.39 is 0 Å². The highest BCUT2D eigenvalue weighted by Gasteiger charge is 2.35. The largest absolute Gasteiger partial charge is 0.377 e. The molecule has 0 aliphatic carbocycles. The monoisotopic (exact) mass is 367 g/mol. The van der Waals surface area contributed by atoms with E-state index in [-0.39, 0.29) is 11.0 Å². The molecule has 0 aromatic carbocycles. The average molecular weight is 368 g/mol. The van der Waals surface area contributed by atoms with Crippen LogP contribution in [0.5, 0.6) is 0 Å². The number of piperidine rings is 1. The van der Waals surface area contributed by atoms with Crippen molar-refractivity contribution < 1.29 is 9.47 Å². The molecule has 2 rings (SSSR count). The lowest BCUT2D eigenvalue weighted by Gasteiger charge is -2.41. The van der Waals surface area contributed by atoms with E-state index in [1.165, 1.54) is 6.42 Å². The number of hydrogen-bond acceptors (Lipinski definition) is 3. The Labute approximate surface area is 160 Å². The number of aliphatic imine (C=N–C) groups is 1. The Hall–Kier alpha value is -0.810. The van der Waals surface area contributed by atoms with Gasteiger partial charge in [-0.05, 0) is 51.9 Å². The predicted molar refractivity (Wildman–Crippen MR) is 109 cm³/mol. The predicted octanol–water partition coefficient (Wildman–Crippen LogP) is 3.68. The number of ether oxygens (including phenoxy) is 2. The highest BCUT2D eigenvalue weighted by atomic mass is 16.5. The van der Waals surface area contributed by atoms with Crippen LogP contribution in [0.15, 0.2) is 4.99 Å². The highest BCUT2D eigenvalue weighted by molar-refractivity contribution is 5.80. The molecule has 2 aliphatic rings. The summed E-state index contributed by atoms with van der Waals surface area (Å²) in [6.07, 6.45) is 5.19. The van der Waals surface area contributed by atoms with Crippen molar-refractivity contribution in [2.24, 2.45) is 16.3 Å². The second-order valence-corrected chi connectivity index (χ2v) is 9.90. The molecule has 0 aromatic rings. The van der Waals surface area contributed by atoms with E-state index in [2.05, 4.69) is 56.8 Å². The fraction of sp³-hybridized carbons (Fsp3) is 0.952. The molecule has 0 spiro atoms. The van der Waals surface area contributed by atoms with Gasteiger partial charge in [-0.2, -0.15) is 0 Å². The second kappa shape index (κ2) is 8.92. The van der Waals surface area contributed by atoms with Crippen molar-refractivity contribution in [3.05, 3.63) is 0 Å². The normalized spacial score (nSPS) is 26.9. The molecule has 0 bridgehead atoms. The maximum Gasteiger partial charge on any atom is 0.193 e. The number of rotatable bonds is 3. The van der Waals surface area contributed by atoms with Gasteiger partial charge >= 0.3 is 0 Å². The Balaban J connectivity index is 1.84. The molecule has 5 nitrogen and oxygen atoms in total. The molecule has 1 N–H and O–H groups in total. The smallest absolute Gasteiger partial charge is 0.193 e. The fourth-order valence-corrected chi connectivity index (χ4v) is 4.25. The zero-order valence-electron chi connectivity index (χ0n) is 18.1. The zero-order valence-corrected chi connectivity index (χ0v) is 18.1. The van der Waals surface area contributed by atoms with Crippen LogP contribution in [0.25, 0.3) is 0 Å². The topological polar surface area (TPSA) is 46.1 Å². The van der Waals surface area contributed by atoms with Gasteiger partial charge in [0.2, 0.25) is 0 Å². The van der Waals surface area contributed by atoms with Crippen molar-refractivity contribution >= 4 is 5.96 Å². The fourth-order valence-electron chi connectivity index (χ4n) is 4.25. The summed E-state index contributed by atoms with van der Waals surface area (Å²) in [6, 6.07) is 0. The van der Waals surface area contributed by atoms with Gasteiger partial charge in [0.05, 0.1) is 17.8 Å². The summed E-state index contributed by atoms with van der Waals surface area (Å²) in [5.74, 6) is 1.57. The van der Waals surface area contributed by atoms with E-state index in [1.54, 1.807) is 0 Å².